The van der Waals surface area contributed by atoms with E-state index in [1.165, 1.54) is 37.8 Å². The zero-order chi connectivity index (χ0) is 14.1. The van der Waals surface area contributed by atoms with Gasteiger partial charge in [-0.1, -0.05) is 25.0 Å². The van der Waals surface area contributed by atoms with E-state index in [9.17, 15) is 14.3 Å². The molecule has 3 rings (SSSR count). The van der Waals surface area contributed by atoms with E-state index in [4.69, 9.17) is 0 Å². The number of halogens is 1. The monoisotopic (exact) mass is 277 g/mol. The smallest absolute Gasteiger partial charge is 0.308 e. The minimum Gasteiger partial charge on any atom is -0.481 e. The normalized spacial score (nSPS) is 28.1. The first-order chi connectivity index (χ1) is 9.65. The van der Waals surface area contributed by atoms with Crippen molar-refractivity contribution in [3.63, 3.8) is 0 Å². The van der Waals surface area contributed by atoms with Gasteiger partial charge in [-0.3, -0.25) is 9.69 Å². The quantitative estimate of drug-likeness (QED) is 0.923. The standard InChI is InChI=1S/C16H20FNO2/c17-12-5-3-4-11(8-12)14-9-18(10-15(14)16(19)20)13-6-1-2-7-13/h3-5,8,13-15H,1-2,6-7,9-10H2,(H,19,20)/t14-,15+/m0/s1. The minimum atomic E-state index is -0.764. The summed E-state index contributed by atoms with van der Waals surface area (Å²) in [5.41, 5.74) is 0.817. The van der Waals surface area contributed by atoms with Crippen molar-refractivity contribution in [2.24, 2.45) is 5.92 Å². The summed E-state index contributed by atoms with van der Waals surface area (Å²) in [5, 5.41) is 9.45. The molecule has 0 aromatic heterocycles. The highest BCUT2D eigenvalue weighted by molar-refractivity contribution is 5.72. The van der Waals surface area contributed by atoms with E-state index >= 15 is 0 Å². The summed E-state index contributed by atoms with van der Waals surface area (Å²) < 4.78 is 13.4. The average Bonchev–Trinajstić information content (AvgIpc) is 3.08. The summed E-state index contributed by atoms with van der Waals surface area (Å²) in [7, 11) is 0. The molecule has 1 saturated carbocycles. The maximum absolute atomic E-state index is 13.4. The summed E-state index contributed by atoms with van der Waals surface area (Å²) in [6, 6.07) is 6.93. The van der Waals surface area contributed by atoms with Crippen molar-refractivity contribution in [2.75, 3.05) is 13.1 Å². The van der Waals surface area contributed by atoms with Crippen LogP contribution in [0, 0.1) is 11.7 Å². The van der Waals surface area contributed by atoms with Crippen LogP contribution in [0.4, 0.5) is 4.39 Å². The van der Waals surface area contributed by atoms with Crippen molar-refractivity contribution in [3.05, 3.63) is 35.6 Å². The van der Waals surface area contributed by atoms with Crippen molar-refractivity contribution in [2.45, 2.75) is 37.6 Å². The summed E-state index contributed by atoms with van der Waals surface area (Å²) in [4.78, 5) is 13.8. The third-order valence-electron chi connectivity index (χ3n) is 4.78. The van der Waals surface area contributed by atoms with Gasteiger partial charge in [-0.15, -0.1) is 0 Å². The first-order valence-electron chi connectivity index (χ1n) is 7.37. The number of carboxylic acids is 1. The van der Waals surface area contributed by atoms with Gasteiger partial charge in [0, 0.05) is 25.0 Å². The van der Waals surface area contributed by atoms with Crippen LogP contribution in [0.25, 0.3) is 0 Å². The van der Waals surface area contributed by atoms with Crippen LogP contribution in [0.3, 0.4) is 0 Å². The van der Waals surface area contributed by atoms with E-state index in [1.54, 1.807) is 6.07 Å². The van der Waals surface area contributed by atoms with Gasteiger partial charge in [0.2, 0.25) is 0 Å². The fourth-order valence-electron chi connectivity index (χ4n) is 3.73. The molecule has 2 fully saturated rings. The molecule has 1 aromatic carbocycles. The number of carboxylic acid groups (broad SMARTS) is 1. The first kappa shape index (κ1) is 13.6. The lowest BCUT2D eigenvalue weighted by molar-refractivity contribution is -0.141. The molecule has 0 radical (unpaired) electrons. The largest absolute Gasteiger partial charge is 0.481 e. The molecule has 0 unspecified atom stereocenters. The van der Waals surface area contributed by atoms with Crippen molar-refractivity contribution in [1.29, 1.82) is 0 Å². The Morgan fingerprint density at radius 3 is 2.65 bits per heavy atom. The van der Waals surface area contributed by atoms with E-state index in [0.29, 0.717) is 12.6 Å². The summed E-state index contributed by atoms with van der Waals surface area (Å²) >= 11 is 0. The second kappa shape index (κ2) is 5.52. The minimum absolute atomic E-state index is 0.0937. The van der Waals surface area contributed by atoms with Crippen molar-refractivity contribution >= 4 is 5.97 Å². The number of aliphatic carboxylic acids is 1. The number of benzene rings is 1. The zero-order valence-electron chi connectivity index (χ0n) is 11.5. The number of rotatable bonds is 3. The molecule has 1 saturated heterocycles. The van der Waals surface area contributed by atoms with Crippen LogP contribution in [0.15, 0.2) is 24.3 Å². The van der Waals surface area contributed by atoms with Gasteiger partial charge in [0.15, 0.2) is 0 Å². The molecule has 1 heterocycles. The fourth-order valence-corrected chi connectivity index (χ4v) is 3.73. The molecule has 1 aromatic rings. The lowest BCUT2D eigenvalue weighted by Crippen LogP contribution is -2.31. The molecule has 108 valence electrons. The van der Waals surface area contributed by atoms with Gasteiger partial charge in [0.25, 0.3) is 0 Å². The Bertz CT molecular complexity index is 499. The van der Waals surface area contributed by atoms with Crippen LogP contribution in [0.5, 0.6) is 0 Å². The van der Waals surface area contributed by atoms with Crippen LogP contribution in [0.1, 0.15) is 37.2 Å². The molecule has 0 amide bonds. The average molecular weight is 277 g/mol. The Hall–Kier alpha value is -1.42. The lowest BCUT2D eigenvalue weighted by Gasteiger charge is -2.23. The molecular formula is C16H20FNO2. The number of carbonyl (C=O) groups is 1. The lowest BCUT2D eigenvalue weighted by atomic mass is 9.89. The van der Waals surface area contributed by atoms with E-state index in [2.05, 4.69) is 4.90 Å². The predicted molar refractivity (Wildman–Crippen MR) is 74.1 cm³/mol. The number of likely N-dealkylation sites (tertiary alicyclic amines) is 1. The summed E-state index contributed by atoms with van der Waals surface area (Å²) in [5.74, 6) is -1.56. The van der Waals surface area contributed by atoms with Crippen LogP contribution < -0.4 is 0 Å². The molecule has 3 nitrogen and oxygen atoms in total. The van der Waals surface area contributed by atoms with Crippen molar-refractivity contribution in [3.8, 4) is 0 Å². The highest BCUT2D eigenvalue weighted by atomic mass is 19.1. The molecular weight excluding hydrogens is 257 g/mol. The Morgan fingerprint density at radius 2 is 2.00 bits per heavy atom. The zero-order valence-corrected chi connectivity index (χ0v) is 11.5. The second-order valence-electron chi connectivity index (χ2n) is 6.00. The molecule has 20 heavy (non-hydrogen) atoms. The van der Waals surface area contributed by atoms with Crippen molar-refractivity contribution in [1.82, 2.24) is 4.90 Å². The van der Waals surface area contributed by atoms with Crippen LogP contribution in [-0.2, 0) is 4.79 Å². The maximum atomic E-state index is 13.4. The molecule has 4 heteroatoms. The van der Waals surface area contributed by atoms with Gasteiger partial charge in [0.05, 0.1) is 5.92 Å². The third kappa shape index (κ3) is 2.57. The van der Waals surface area contributed by atoms with Crippen LogP contribution in [0.2, 0.25) is 0 Å². The Kier molecular flexibility index (Phi) is 3.74. The van der Waals surface area contributed by atoms with E-state index in [1.807, 2.05) is 6.07 Å². The highest BCUT2D eigenvalue weighted by Crippen LogP contribution is 2.37. The van der Waals surface area contributed by atoms with Crippen LogP contribution in [-0.4, -0.2) is 35.1 Å². The Balaban J connectivity index is 1.82. The van der Waals surface area contributed by atoms with Gasteiger partial charge < -0.3 is 5.11 Å². The second-order valence-corrected chi connectivity index (χ2v) is 6.00. The van der Waals surface area contributed by atoms with E-state index < -0.39 is 11.9 Å². The van der Waals surface area contributed by atoms with Crippen LogP contribution >= 0.6 is 0 Å². The molecule has 0 bridgehead atoms. The number of nitrogens with zero attached hydrogens (tertiary/aromatic N) is 1. The summed E-state index contributed by atoms with van der Waals surface area (Å²) in [6.07, 6.45) is 4.82. The molecule has 2 aliphatic rings. The SMILES string of the molecule is O=C(O)[C@@H]1CN(C2CCCC2)C[C@H]1c1cccc(F)c1. The van der Waals surface area contributed by atoms with E-state index in [0.717, 1.165) is 12.1 Å². The van der Waals surface area contributed by atoms with Gasteiger partial charge >= 0.3 is 5.97 Å². The van der Waals surface area contributed by atoms with Gasteiger partial charge in [-0.25, -0.2) is 4.39 Å². The summed E-state index contributed by atoms with van der Waals surface area (Å²) in [6.45, 7) is 1.34. The molecule has 1 N–H and O–H groups in total. The van der Waals surface area contributed by atoms with Gasteiger partial charge in [0.1, 0.15) is 5.82 Å². The molecule has 1 aliphatic carbocycles. The third-order valence-corrected chi connectivity index (χ3v) is 4.78. The fraction of sp³-hybridized carbons (Fsp3) is 0.562. The van der Waals surface area contributed by atoms with Crippen molar-refractivity contribution < 1.29 is 14.3 Å². The molecule has 2 atom stereocenters. The van der Waals surface area contributed by atoms with Gasteiger partial charge in [-0.05, 0) is 30.5 Å². The van der Waals surface area contributed by atoms with E-state index in [-0.39, 0.29) is 11.7 Å². The maximum Gasteiger partial charge on any atom is 0.308 e. The Labute approximate surface area is 118 Å². The topological polar surface area (TPSA) is 40.5 Å². The molecule has 0 spiro atoms. The molecule has 1 aliphatic heterocycles. The first-order valence-corrected chi connectivity index (χ1v) is 7.37. The highest BCUT2D eigenvalue weighted by Gasteiger charge is 2.41. The number of hydrogen-bond acceptors (Lipinski definition) is 2. The number of hydrogen-bond donors (Lipinski definition) is 1. The Morgan fingerprint density at radius 1 is 1.25 bits per heavy atom. The van der Waals surface area contributed by atoms with Gasteiger partial charge in [-0.2, -0.15) is 0 Å². The predicted octanol–water partition coefficient (Wildman–Crippen LogP) is 2.87.